The van der Waals surface area contributed by atoms with Crippen molar-refractivity contribution in [2.75, 3.05) is 32.0 Å². The van der Waals surface area contributed by atoms with Crippen molar-refractivity contribution in [3.8, 4) is 0 Å². The van der Waals surface area contributed by atoms with Crippen LogP contribution in [0, 0.1) is 5.82 Å². The van der Waals surface area contributed by atoms with E-state index < -0.39 is 6.04 Å². The smallest absolute Gasteiger partial charge is 0.251 e. The third-order valence-corrected chi connectivity index (χ3v) is 4.98. The highest BCUT2D eigenvalue weighted by Gasteiger charge is 2.29. The van der Waals surface area contributed by atoms with Crippen molar-refractivity contribution in [1.29, 1.82) is 0 Å². The fourth-order valence-corrected chi connectivity index (χ4v) is 3.63. The Morgan fingerprint density at radius 1 is 1.34 bits per heavy atom. The average molecular weight is 465 g/mol. The van der Waals surface area contributed by atoms with Gasteiger partial charge in [0.15, 0.2) is 0 Å². The summed E-state index contributed by atoms with van der Waals surface area (Å²) in [6, 6.07) is 11.0. The van der Waals surface area contributed by atoms with E-state index in [1.165, 1.54) is 6.07 Å². The van der Waals surface area contributed by atoms with Gasteiger partial charge in [0.05, 0.1) is 18.8 Å². The summed E-state index contributed by atoms with van der Waals surface area (Å²) in [5.74, 6) is -0.647. The van der Waals surface area contributed by atoms with Gasteiger partial charge in [0.25, 0.3) is 5.91 Å². The van der Waals surface area contributed by atoms with Gasteiger partial charge in [-0.25, -0.2) is 4.39 Å². The van der Waals surface area contributed by atoms with Crippen LogP contribution in [-0.4, -0.2) is 43.2 Å². The molecular weight excluding hydrogens is 440 g/mol. The third kappa shape index (κ3) is 6.46. The first kappa shape index (κ1) is 25.5. The molecule has 5 nitrogen and oxygen atoms in total. The van der Waals surface area contributed by atoms with Crippen LogP contribution in [0.4, 0.5) is 10.1 Å². The fraction of sp³-hybridized carbons (Fsp3) is 0.350. The maximum atomic E-state index is 14.6. The SMILES string of the molecule is CC1CN(C(CNC(=O)c2cccc(N)c2)c2c(F)cccc2Cl)CCO1.Cl.Cl. The highest BCUT2D eigenvalue weighted by atomic mass is 35.5. The summed E-state index contributed by atoms with van der Waals surface area (Å²) in [5.41, 5.74) is 7.11. The zero-order valence-electron chi connectivity index (χ0n) is 15.9. The number of carbonyl (C=O) groups is 1. The molecule has 0 bridgehead atoms. The number of hydrogen-bond acceptors (Lipinski definition) is 4. The van der Waals surface area contributed by atoms with Crippen molar-refractivity contribution < 1.29 is 13.9 Å². The number of morpholine rings is 1. The Kier molecular flexibility index (Phi) is 10.2. The van der Waals surface area contributed by atoms with Crippen molar-refractivity contribution in [2.45, 2.75) is 19.1 Å². The predicted octanol–water partition coefficient (Wildman–Crippen LogP) is 4.10. The molecule has 3 N–H and O–H groups in total. The van der Waals surface area contributed by atoms with E-state index in [-0.39, 0.29) is 49.2 Å². The predicted molar refractivity (Wildman–Crippen MR) is 119 cm³/mol. The van der Waals surface area contributed by atoms with E-state index in [0.717, 1.165) is 0 Å². The van der Waals surface area contributed by atoms with Crippen molar-refractivity contribution >= 4 is 48.0 Å². The van der Waals surface area contributed by atoms with Crippen LogP contribution in [0.5, 0.6) is 0 Å². The van der Waals surface area contributed by atoms with Gasteiger partial charge in [-0.05, 0) is 37.3 Å². The van der Waals surface area contributed by atoms with Crippen LogP contribution in [0.2, 0.25) is 5.02 Å². The van der Waals surface area contributed by atoms with Crippen molar-refractivity contribution in [3.05, 3.63) is 64.4 Å². The largest absolute Gasteiger partial charge is 0.399 e. The summed E-state index contributed by atoms with van der Waals surface area (Å²) in [6.45, 7) is 4.00. The van der Waals surface area contributed by atoms with Crippen LogP contribution in [0.1, 0.15) is 28.9 Å². The maximum Gasteiger partial charge on any atom is 0.251 e. The van der Waals surface area contributed by atoms with Crippen molar-refractivity contribution in [3.63, 3.8) is 0 Å². The Morgan fingerprint density at radius 3 is 2.72 bits per heavy atom. The van der Waals surface area contributed by atoms with Gasteiger partial charge in [0.1, 0.15) is 5.82 Å². The van der Waals surface area contributed by atoms with E-state index >= 15 is 0 Å². The topological polar surface area (TPSA) is 67.6 Å². The summed E-state index contributed by atoms with van der Waals surface area (Å²) in [5, 5.41) is 3.23. The number of hydrogen-bond donors (Lipinski definition) is 2. The second-order valence-corrected chi connectivity index (χ2v) is 7.07. The molecule has 9 heteroatoms. The number of rotatable bonds is 5. The average Bonchev–Trinajstić information content (AvgIpc) is 2.64. The van der Waals surface area contributed by atoms with Crippen LogP contribution in [0.15, 0.2) is 42.5 Å². The van der Waals surface area contributed by atoms with Crippen LogP contribution >= 0.6 is 36.4 Å². The van der Waals surface area contributed by atoms with Gasteiger partial charge in [-0.2, -0.15) is 0 Å². The van der Waals surface area contributed by atoms with Gasteiger partial charge in [-0.15, -0.1) is 24.8 Å². The molecule has 0 spiro atoms. The number of carbonyl (C=O) groups excluding carboxylic acids is 1. The van der Waals surface area contributed by atoms with Crippen LogP contribution in [-0.2, 0) is 4.74 Å². The lowest BCUT2D eigenvalue weighted by atomic mass is 10.0. The second-order valence-electron chi connectivity index (χ2n) is 6.66. The van der Waals surface area contributed by atoms with Gasteiger partial charge in [0.2, 0.25) is 0 Å². The summed E-state index contributed by atoms with van der Waals surface area (Å²) in [4.78, 5) is 14.6. The molecule has 2 atom stereocenters. The highest BCUT2D eigenvalue weighted by molar-refractivity contribution is 6.31. The molecule has 1 aliphatic rings. The molecule has 160 valence electrons. The van der Waals surface area contributed by atoms with E-state index in [1.807, 2.05) is 6.92 Å². The number of nitrogens with zero attached hydrogens (tertiary/aromatic N) is 1. The van der Waals surface area contributed by atoms with Gasteiger partial charge in [-0.1, -0.05) is 23.7 Å². The molecule has 1 aliphatic heterocycles. The first-order chi connectivity index (χ1) is 13.0. The van der Waals surface area contributed by atoms with E-state index in [4.69, 9.17) is 22.1 Å². The lowest BCUT2D eigenvalue weighted by Gasteiger charge is -2.38. The molecule has 29 heavy (non-hydrogen) atoms. The molecule has 0 aromatic heterocycles. The standard InChI is InChI=1S/C20H23ClFN3O2.2ClH/c1-13-12-25(8-9-27-13)18(19-16(21)6-3-7-17(19)22)11-24-20(26)14-4-2-5-15(23)10-14;;/h2-7,10,13,18H,8-9,11-12,23H2,1H3,(H,24,26);2*1H. The summed E-state index contributed by atoms with van der Waals surface area (Å²) >= 11 is 6.31. The number of benzene rings is 2. The van der Waals surface area contributed by atoms with Gasteiger partial charge in [-0.3, -0.25) is 9.69 Å². The molecule has 0 radical (unpaired) electrons. The van der Waals surface area contributed by atoms with E-state index in [0.29, 0.717) is 41.5 Å². The van der Waals surface area contributed by atoms with Crippen molar-refractivity contribution in [1.82, 2.24) is 10.2 Å². The van der Waals surface area contributed by atoms with E-state index in [2.05, 4.69) is 10.2 Å². The Morgan fingerprint density at radius 2 is 2.07 bits per heavy atom. The molecule has 0 aliphatic carbocycles. The number of ether oxygens (including phenoxy) is 1. The third-order valence-electron chi connectivity index (χ3n) is 4.65. The first-order valence-electron chi connectivity index (χ1n) is 8.89. The fourth-order valence-electron chi connectivity index (χ4n) is 3.34. The minimum atomic E-state index is -0.393. The van der Waals surface area contributed by atoms with Crippen molar-refractivity contribution in [2.24, 2.45) is 0 Å². The van der Waals surface area contributed by atoms with Crippen LogP contribution < -0.4 is 11.1 Å². The molecule has 1 amide bonds. The Bertz CT molecular complexity index is 805. The molecule has 1 saturated heterocycles. The molecule has 2 aromatic carbocycles. The summed E-state index contributed by atoms with van der Waals surface area (Å²) in [6.07, 6.45) is 0.0245. The van der Waals surface area contributed by atoms with E-state index in [1.54, 1.807) is 36.4 Å². The van der Waals surface area contributed by atoms with Gasteiger partial charge < -0.3 is 15.8 Å². The molecule has 1 heterocycles. The number of nitrogens with two attached hydrogens (primary N) is 1. The molecule has 2 unspecified atom stereocenters. The summed E-state index contributed by atoms with van der Waals surface area (Å²) < 4.78 is 20.2. The minimum Gasteiger partial charge on any atom is -0.399 e. The number of anilines is 1. The Labute approximate surface area is 187 Å². The molecule has 0 saturated carbocycles. The first-order valence-corrected chi connectivity index (χ1v) is 9.27. The Balaban J connectivity index is 0.00000210. The summed E-state index contributed by atoms with van der Waals surface area (Å²) in [7, 11) is 0. The molecule has 1 fully saturated rings. The quantitative estimate of drug-likeness (QED) is 0.654. The molecule has 3 rings (SSSR count). The lowest BCUT2D eigenvalue weighted by molar-refractivity contribution is -0.0346. The number of nitrogens with one attached hydrogen (secondary N) is 1. The molecular formula is C20H25Cl3FN3O2. The minimum absolute atomic E-state index is 0. The zero-order chi connectivity index (χ0) is 19.4. The van der Waals surface area contributed by atoms with Crippen LogP contribution in [0.25, 0.3) is 0 Å². The Hall–Kier alpha value is -1.57. The highest BCUT2D eigenvalue weighted by Crippen LogP contribution is 2.31. The monoisotopic (exact) mass is 463 g/mol. The lowest BCUT2D eigenvalue weighted by Crippen LogP contribution is -2.47. The molecule has 2 aromatic rings. The normalized spacial score (nSPS) is 17.6. The maximum absolute atomic E-state index is 14.6. The number of nitrogen functional groups attached to an aromatic ring is 1. The van der Waals surface area contributed by atoms with Gasteiger partial charge >= 0.3 is 0 Å². The number of halogens is 4. The van der Waals surface area contributed by atoms with Crippen LogP contribution in [0.3, 0.4) is 0 Å². The second kappa shape index (κ2) is 11.6. The zero-order valence-corrected chi connectivity index (χ0v) is 18.3. The van der Waals surface area contributed by atoms with Gasteiger partial charge in [0, 0.05) is 41.5 Å². The van der Waals surface area contributed by atoms with E-state index in [9.17, 15) is 9.18 Å². The number of amides is 1.